The number of carboxylic acids is 1. The van der Waals surface area contributed by atoms with Gasteiger partial charge in [0.15, 0.2) is 0 Å². The van der Waals surface area contributed by atoms with Gasteiger partial charge in [-0.25, -0.2) is 4.79 Å². The van der Waals surface area contributed by atoms with Crippen LogP contribution in [0.2, 0.25) is 5.02 Å². The van der Waals surface area contributed by atoms with E-state index in [1.807, 2.05) is 6.92 Å². The molecule has 0 spiro atoms. The summed E-state index contributed by atoms with van der Waals surface area (Å²) in [7, 11) is 0. The van der Waals surface area contributed by atoms with Gasteiger partial charge in [0.25, 0.3) is 0 Å². The highest BCUT2D eigenvalue weighted by molar-refractivity contribution is 6.33. The van der Waals surface area contributed by atoms with Gasteiger partial charge in [-0.1, -0.05) is 25.4 Å². The number of rotatable bonds is 6. The van der Waals surface area contributed by atoms with E-state index in [-0.39, 0.29) is 17.4 Å². The first-order valence-electron chi connectivity index (χ1n) is 6.00. The van der Waals surface area contributed by atoms with Gasteiger partial charge in [0.1, 0.15) is 0 Å². The Morgan fingerprint density at radius 1 is 1.42 bits per heavy atom. The Morgan fingerprint density at radius 3 is 2.68 bits per heavy atom. The van der Waals surface area contributed by atoms with Crippen LogP contribution in [0.15, 0.2) is 18.2 Å². The van der Waals surface area contributed by atoms with Crippen LogP contribution < -0.4 is 10.6 Å². The molecule has 0 aromatic heterocycles. The van der Waals surface area contributed by atoms with Crippen molar-refractivity contribution in [3.63, 3.8) is 0 Å². The quantitative estimate of drug-likeness (QED) is 0.748. The monoisotopic (exact) mass is 284 g/mol. The van der Waals surface area contributed by atoms with Crippen molar-refractivity contribution in [2.45, 2.75) is 13.8 Å². The van der Waals surface area contributed by atoms with Crippen LogP contribution >= 0.6 is 11.6 Å². The predicted molar refractivity (Wildman–Crippen MR) is 74.7 cm³/mol. The van der Waals surface area contributed by atoms with Gasteiger partial charge >= 0.3 is 5.97 Å². The Bertz CT molecular complexity index is 477. The van der Waals surface area contributed by atoms with E-state index < -0.39 is 5.97 Å². The molecule has 0 saturated carbocycles. The fourth-order valence-electron chi connectivity index (χ4n) is 1.46. The summed E-state index contributed by atoms with van der Waals surface area (Å²) in [4.78, 5) is 22.8. The van der Waals surface area contributed by atoms with Crippen LogP contribution in [0.3, 0.4) is 0 Å². The number of nitrogens with one attached hydrogen (secondary N) is 2. The number of carbonyl (C=O) groups is 2. The number of halogens is 1. The number of carboxylic acid groups (broad SMARTS) is 1. The zero-order valence-corrected chi connectivity index (χ0v) is 11.6. The second kappa shape index (κ2) is 7.11. The second-order valence-corrected chi connectivity index (χ2v) is 4.60. The standard InChI is InChI=1S/C13H17ClN2O3/c1-3-15-7-8(2)12(17)16-11-6-9(13(18)19)4-5-10(11)14/h4-6,8,15H,3,7H2,1-2H3,(H,16,17)(H,18,19). The van der Waals surface area contributed by atoms with Crippen LogP contribution in [0.25, 0.3) is 0 Å². The molecule has 5 nitrogen and oxygen atoms in total. The molecule has 1 amide bonds. The molecule has 0 fully saturated rings. The number of aromatic carboxylic acids is 1. The normalized spacial score (nSPS) is 11.9. The van der Waals surface area contributed by atoms with Crippen molar-refractivity contribution in [1.29, 1.82) is 0 Å². The van der Waals surface area contributed by atoms with E-state index in [0.29, 0.717) is 17.3 Å². The van der Waals surface area contributed by atoms with E-state index >= 15 is 0 Å². The molecule has 1 rings (SSSR count). The maximum absolute atomic E-state index is 11.9. The van der Waals surface area contributed by atoms with Gasteiger partial charge < -0.3 is 15.7 Å². The van der Waals surface area contributed by atoms with Crippen molar-refractivity contribution in [2.75, 3.05) is 18.4 Å². The van der Waals surface area contributed by atoms with Gasteiger partial charge in [-0.3, -0.25) is 4.79 Å². The summed E-state index contributed by atoms with van der Waals surface area (Å²) in [5.74, 6) is -1.50. The highest BCUT2D eigenvalue weighted by Crippen LogP contribution is 2.23. The van der Waals surface area contributed by atoms with Crippen molar-refractivity contribution in [3.8, 4) is 0 Å². The zero-order valence-electron chi connectivity index (χ0n) is 10.9. The number of carbonyl (C=O) groups excluding carboxylic acids is 1. The lowest BCUT2D eigenvalue weighted by Gasteiger charge is -2.13. The SMILES string of the molecule is CCNCC(C)C(=O)Nc1cc(C(=O)O)ccc1Cl. The van der Waals surface area contributed by atoms with E-state index in [0.717, 1.165) is 6.54 Å². The van der Waals surface area contributed by atoms with Crippen molar-refractivity contribution in [3.05, 3.63) is 28.8 Å². The first kappa shape index (κ1) is 15.5. The topological polar surface area (TPSA) is 78.4 Å². The Hall–Kier alpha value is -1.59. The maximum Gasteiger partial charge on any atom is 0.335 e. The minimum absolute atomic E-state index is 0.0824. The first-order valence-corrected chi connectivity index (χ1v) is 6.38. The summed E-state index contributed by atoms with van der Waals surface area (Å²) >= 11 is 5.93. The molecule has 1 aromatic carbocycles. The van der Waals surface area contributed by atoms with Crippen LogP contribution in [0.4, 0.5) is 5.69 Å². The lowest BCUT2D eigenvalue weighted by atomic mass is 10.1. The number of anilines is 1. The number of amides is 1. The molecule has 0 heterocycles. The molecular weight excluding hydrogens is 268 g/mol. The number of benzene rings is 1. The maximum atomic E-state index is 11.9. The van der Waals surface area contributed by atoms with Crippen molar-refractivity contribution in [1.82, 2.24) is 5.32 Å². The van der Waals surface area contributed by atoms with Gasteiger partial charge in [-0.15, -0.1) is 0 Å². The molecule has 3 N–H and O–H groups in total. The Balaban J connectivity index is 2.78. The van der Waals surface area contributed by atoms with E-state index in [4.69, 9.17) is 16.7 Å². The zero-order chi connectivity index (χ0) is 14.4. The van der Waals surface area contributed by atoms with Crippen molar-refractivity contribution in [2.24, 2.45) is 5.92 Å². The van der Waals surface area contributed by atoms with Crippen LogP contribution in [-0.4, -0.2) is 30.1 Å². The van der Waals surface area contributed by atoms with Crippen LogP contribution in [0.1, 0.15) is 24.2 Å². The molecule has 19 heavy (non-hydrogen) atoms. The Labute approximate surface area is 117 Å². The highest BCUT2D eigenvalue weighted by Gasteiger charge is 2.15. The molecule has 0 saturated heterocycles. The smallest absolute Gasteiger partial charge is 0.335 e. The largest absolute Gasteiger partial charge is 0.478 e. The van der Waals surface area contributed by atoms with E-state index in [1.54, 1.807) is 6.92 Å². The van der Waals surface area contributed by atoms with Gasteiger partial charge in [0.05, 0.1) is 16.3 Å². The molecule has 104 valence electrons. The molecular formula is C13H17ClN2O3. The van der Waals surface area contributed by atoms with Crippen LogP contribution in [0, 0.1) is 5.92 Å². The third-order valence-electron chi connectivity index (χ3n) is 2.62. The predicted octanol–water partition coefficient (Wildman–Crippen LogP) is 2.22. The number of hydrogen-bond acceptors (Lipinski definition) is 3. The minimum Gasteiger partial charge on any atom is -0.478 e. The Morgan fingerprint density at radius 2 is 2.11 bits per heavy atom. The third kappa shape index (κ3) is 4.54. The summed E-state index contributed by atoms with van der Waals surface area (Å²) < 4.78 is 0. The lowest BCUT2D eigenvalue weighted by Crippen LogP contribution is -2.30. The molecule has 0 aliphatic heterocycles. The molecule has 1 unspecified atom stereocenters. The molecule has 0 radical (unpaired) electrons. The second-order valence-electron chi connectivity index (χ2n) is 4.20. The summed E-state index contributed by atoms with van der Waals surface area (Å²) in [6, 6.07) is 4.19. The lowest BCUT2D eigenvalue weighted by molar-refractivity contribution is -0.119. The molecule has 0 aliphatic rings. The van der Waals surface area contributed by atoms with Gasteiger partial charge in [0, 0.05) is 12.5 Å². The van der Waals surface area contributed by atoms with Crippen LogP contribution in [-0.2, 0) is 4.79 Å². The Kier molecular flexibility index (Phi) is 5.79. The minimum atomic E-state index is -1.06. The number of hydrogen-bond donors (Lipinski definition) is 3. The average Bonchev–Trinajstić information content (AvgIpc) is 2.38. The molecule has 6 heteroatoms. The molecule has 0 bridgehead atoms. The molecule has 0 aliphatic carbocycles. The molecule has 1 atom stereocenters. The average molecular weight is 285 g/mol. The third-order valence-corrected chi connectivity index (χ3v) is 2.95. The summed E-state index contributed by atoms with van der Waals surface area (Å²) in [6.07, 6.45) is 0. The first-order chi connectivity index (χ1) is 8.95. The highest BCUT2D eigenvalue weighted by atomic mass is 35.5. The van der Waals surface area contributed by atoms with Gasteiger partial charge in [0.2, 0.25) is 5.91 Å². The summed E-state index contributed by atoms with van der Waals surface area (Å²) in [6.45, 7) is 5.08. The fraction of sp³-hybridized carbons (Fsp3) is 0.385. The summed E-state index contributed by atoms with van der Waals surface area (Å²) in [5.41, 5.74) is 0.397. The van der Waals surface area contributed by atoms with Crippen molar-refractivity contribution < 1.29 is 14.7 Å². The van der Waals surface area contributed by atoms with E-state index in [9.17, 15) is 9.59 Å². The summed E-state index contributed by atoms with van der Waals surface area (Å²) in [5, 5.41) is 14.9. The van der Waals surface area contributed by atoms with Crippen molar-refractivity contribution >= 4 is 29.2 Å². The van der Waals surface area contributed by atoms with Crippen LogP contribution in [0.5, 0.6) is 0 Å². The van der Waals surface area contributed by atoms with Gasteiger partial charge in [-0.2, -0.15) is 0 Å². The van der Waals surface area contributed by atoms with E-state index in [2.05, 4.69) is 10.6 Å². The fourth-order valence-corrected chi connectivity index (χ4v) is 1.63. The van der Waals surface area contributed by atoms with Gasteiger partial charge in [-0.05, 0) is 24.7 Å². The van der Waals surface area contributed by atoms with E-state index in [1.165, 1.54) is 18.2 Å². The molecule has 1 aromatic rings.